The Morgan fingerprint density at radius 2 is 2.20 bits per heavy atom. The first-order chi connectivity index (χ1) is 9.39. The van der Waals surface area contributed by atoms with E-state index < -0.39 is 21.7 Å². The van der Waals surface area contributed by atoms with Crippen molar-refractivity contribution in [2.75, 3.05) is 18.1 Å². The molecule has 7 nitrogen and oxygen atoms in total. The predicted octanol–water partition coefficient (Wildman–Crippen LogP) is -0.0557. The third-order valence-electron chi connectivity index (χ3n) is 3.13. The summed E-state index contributed by atoms with van der Waals surface area (Å²) in [5.74, 6) is -1.77. The number of rotatable bonds is 4. The molecule has 1 aliphatic heterocycles. The van der Waals surface area contributed by atoms with E-state index in [1.165, 1.54) is 18.3 Å². The first kappa shape index (κ1) is 14.4. The summed E-state index contributed by atoms with van der Waals surface area (Å²) < 4.78 is 22.6. The third kappa shape index (κ3) is 3.32. The molecule has 2 N–H and O–H groups in total. The average molecular weight is 298 g/mol. The number of aromatic nitrogens is 1. The van der Waals surface area contributed by atoms with Gasteiger partial charge in [0.2, 0.25) is 0 Å². The van der Waals surface area contributed by atoms with E-state index in [1.54, 1.807) is 0 Å². The van der Waals surface area contributed by atoms with Gasteiger partial charge in [-0.15, -0.1) is 0 Å². The highest BCUT2D eigenvalue weighted by Crippen LogP contribution is 2.17. The maximum Gasteiger partial charge on any atom is 0.338 e. The molecule has 1 saturated heterocycles. The molecule has 2 rings (SSSR count). The van der Waals surface area contributed by atoms with Crippen LogP contribution in [0.25, 0.3) is 0 Å². The fourth-order valence-electron chi connectivity index (χ4n) is 2.11. The zero-order valence-corrected chi connectivity index (χ0v) is 11.4. The van der Waals surface area contributed by atoms with E-state index in [2.05, 4.69) is 10.3 Å². The standard InChI is InChI=1S/C12H14N2O5S/c15-11(10-9(12(16)17)2-1-4-13-10)14-6-8-3-5-20(18,19)7-8/h1-2,4,8H,3,5-7H2,(H,14,15)(H,16,17). The molecule has 0 aromatic carbocycles. The number of carboxylic acid groups (broad SMARTS) is 1. The average Bonchev–Trinajstić information content (AvgIpc) is 2.75. The summed E-state index contributed by atoms with van der Waals surface area (Å²) >= 11 is 0. The van der Waals surface area contributed by atoms with Crippen LogP contribution in [-0.2, 0) is 9.84 Å². The van der Waals surface area contributed by atoms with E-state index >= 15 is 0 Å². The molecule has 1 unspecified atom stereocenters. The molecule has 1 atom stereocenters. The summed E-state index contributed by atoms with van der Waals surface area (Å²) in [5.41, 5.74) is -0.343. The summed E-state index contributed by atoms with van der Waals surface area (Å²) in [6, 6.07) is 2.73. The van der Waals surface area contributed by atoms with Crippen LogP contribution in [0.15, 0.2) is 18.3 Å². The van der Waals surface area contributed by atoms with Crippen molar-refractivity contribution in [2.24, 2.45) is 5.92 Å². The minimum Gasteiger partial charge on any atom is -0.478 e. The minimum absolute atomic E-state index is 0.0568. The molecule has 1 fully saturated rings. The molecule has 0 radical (unpaired) electrons. The van der Waals surface area contributed by atoms with Gasteiger partial charge >= 0.3 is 5.97 Å². The molecule has 8 heteroatoms. The second-order valence-corrected chi connectivity index (χ2v) is 6.91. The number of aromatic carboxylic acids is 1. The summed E-state index contributed by atoms with van der Waals surface area (Å²) in [6.45, 7) is 0.202. The SMILES string of the molecule is O=C(O)c1cccnc1C(=O)NCC1CCS(=O)(=O)C1. The van der Waals surface area contributed by atoms with E-state index in [-0.39, 0.29) is 35.2 Å². The van der Waals surface area contributed by atoms with Crippen molar-refractivity contribution in [1.82, 2.24) is 10.3 Å². The van der Waals surface area contributed by atoms with Crippen LogP contribution in [-0.4, -0.2) is 48.4 Å². The second kappa shape index (κ2) is 5.58. The van der Waals surface area contributed by atoms with Gasteiger partial charge in [0.15, 0.2) is 9.84 Å². The van der Waals surface area contributed by atoms with E-state index in [0.29, 0.717) is 6.42 Å². The maximum absolute atomic E-state index is 11.9. The van der Waals surface area contributed by atoms with Crippen molar-refractivity contribution >= 4 is 21.7 Å². The number of carboxylic acids is 1. The summed E-state index contributed by atoms with van der Waals surface area (Å²) in [6.07, 6.45) is 1.85. The van der Waals surface area contributed by atoms with Gasteiger partial charge in [-0.3, -0.25) is 9.78 Å². The Kier molecular flexibility index (Phi) is 4.03. The lowest BCUT2D eigenvalue weighted by Crippen LogP contribution is -2.31. The normalized spacial score (nSPS) is 20.5. The topological polar surface area (TPSA) is 113 Å². The van der Waals surface area contributed by atoms with Crippen molar-refractivity contribution in [3.63, 3.8) is 0 Å². The third-order valence-corrected chi connectivity index (χ3v) is 4.97. The van der Waals surface area contributed by atoms with Crippen LogP contribution in [0.1, 0.15) is 27.3 Å². The number of nitrogens with one attached hydrogen (secondary N) is 1. The number of carbonyl (C=O) groups excluding carboxylic acids is 1. The molecule has 0 spiro atoms. The summed E-state index contributed by atoms with van der Waals surface area (Å²) in [4.78, 5) is 26.6. The van der Waals surface area contributed by atoms with Crippen LogP contribution < -0.4 is 5.32 Å². The molecule has 0 aliphatic carbocycles. The van der Waals surface area contributed by atoms with Crippen LogP contribution in [0.2, 0.25) is 0 Å². The molecule has 1 amide bonds. The maximum atomic E-state index is 11.9. The van der Waals surface area contributed by atoms with Gasteiger partial charge in [-0.1, -0.05) is 0 Å². The number of hydrogen-bond acceptors (Lipinski definition) is 5. The van der Waals surface area contributed by atoms with Gasteiger partial charge in [0.05, 0.1) is 17.1 Å². The quantitative estimate of drug-likeness (QED) is 0.805. The van der Waals surface area contributed by atoms with Crippen LogP contribution in [0, 0.1) is 5.92 Å². The van der Waals surface area contributed by atoms with Gasteiger partial charge in [-0.25, -0.2) is 13.2 Å². The number of hydrogen-bond donors (Lipinski definition) is 2. The van der Waals surface area contributed by atoms with Gasteiger partial charge < -0.3 is 10.4 Å². The molecule has 1 aromatic rings. The fraction of sp³-hybridized carbons (Fsp3) is 0.417. The molecule has 0 bridgehead atoms. The van der Waals surface area contributed by atoms with Crippen LogP contribution in [0.5, 0.6) is 0 Å². The predicted molar refractivity (Wildman–Crippen MR) is 70.3 cm³/mol. The molecule has 1 aromatic heterocycles. The van der Waals surface area contributed by atoms with Gasteiger partial charge in [0.1, 0.15) is 5.69 Å². The van der Waals surface area contributed by atoms with E-state index in [9.17, 15) is 18.0 Å². The van der Waals surface area contributed by atoms with Crippen molar-refractivity contribution < 1.29 is 23.1 Å². The molecule has 0 saturated carbocycles. The van der Waals surface area contributed by atoms with Crippen molar-refractivity contribution in [3.05, 3.63) is 29.6 Å². The number of nitrogens with zero attached hydrogens (tertiary/aromatic N) is 1. The first-order valence-electron chi connectivity index (χ1n) is 6.06. The number of sulfone groups is 1. The number of pyridine rings is 1. The second-order valence-electron chi connectivity index (χ2n) is 4.68. The lowest BCUT2D eigenvalue weighted by molar-refractivity contribution is 0.0690. The molecular weight excluding hydrogens is 284 g/mol. The van der Waals surface area contributed by atoms with E-state index in [1.807, 2.05) is 0 Å². The van der Waals surface area contributed by atoms with Crippen LogP contribution >= 0.6 is 0 Å². The summed E-state index contributed by atoms with van der Waals surface area (Å²) in [7, 11) is -2.99. The van der Waals surface area contributed by atoms with Crippen LogP contribution in [0.3, 0.4) is 0 Å². The molecule has 20 heavy (non-hydrogen) atoms. The Morgan fingerprint density at radius 1 is 1.45 bits per heavy atom. The number of amides is 1. The van der Waals surface area contributed by atoms with Gasteiger partial charge in [-0.05, 0) is 24.5 Å². The Hall–Kier alpha value is -1.96. The Labute approximate surface area is 115 Å². The van der Waals surface area contributed by atoms with Crippen molar-refractivity contribution in [3.8, 4) is 0 Å². The monoisotopic (exact) mass is 298 g/mol. The Morgan fingerprint density at radius 3 is 2.80 bits per heavy atom. The van der Waals surface area contributed by atoms with E-state index in [4.69, 9.17) is 5.11 Å². The van der Waals surface area contributed by atoms with Gasteiger partial charge in [0, 0.05) is 12.7 Å². The zero-order chi connectivity index (χ0) is 14.8. The van der Waals surface area contributed by atoms with Crippen LogP contribution in [0.4, 0.5) is 0 Å². The Bertz CT molecular complexity index is 641. The molecular formula is C12H14N2O5S. The highest BCUT2D eigenvalue weighted by atomic mass is 32.2. The number of carbonyl (C=O) groups is 2. The molecule has 2 heterocycles. The highest BCUT2D eigenvalue weighted by molar-refractivity contribution is 7.91. The van der Waals surface area contributed by atoms with Crippen molar-refractivity contribution in [2.45, 2.75) is 6.42 Å². The minimum atomic E-state index is -2.99. The van der Waals surface area contributed by atoms with Crippen molar-refractivity contribution in [1.29, 1.82) is 0 Å². The van der Waals surface area contributed by atoms with Gasteiger partial charge in [0.25, 0.3) is 5.91 Å². The molecule has 1 aliphatic rings. The lowest BCUT2D eigenvalue weighted by atomic mass is 10.1. The highest BCUT2D eigenvalue weighted by Gasteiger charge is 2.28. The largest absolute Gasteiger partial charge is 0.478 e. The van der Waals surface area contributed by atoms with Gasteiger partial charge in [-0.2, -0.15) is 0 Å². The fourth-order valence-corrected chi connectivity index (χ4v) is 3.97. The molecule has 108 valence electrons. The smallest absolute Gasteiger partial charge is 0.338 e. The van der Waals surface area contributed by atoms with E-state index in [0.717, 1.165) is 0 Å². The lowest BCUT2D eigenvalue weighted by Gasteiger charge is -2.10. The summed E-state index contributed by atoms with van der Waals surface area (Å²) in [5, 5.41) is 11.5. The Balaban J connectivity index is 2.01. The first-order valence-corrected chi connectivity index (χ1v) is 7.88. The zero-order valence-electron chi connectivity index (χ0n) is 10.6.